The van der Waals surface area contributed by atoms with Crippen LogP contribution in [-0.2, 0) is 0 Å². The largest absolute Gasteiger partial charge is 0.507 e. The van der Waals surface area contributed by atoms with E-state index in [0.717, 1.165) is 6.07 Å². The predicted molar refractivity (Wildman–Crippen MR) is 53.2 cm³/mol. The van der Waals surface area contributed by atoms with E-state index in [0.29, 0.717) is 6.42 Å². The van der Waals surface area contributed by atoms with Crippen molar-refractivity contribution in [2.24, 2.45) is 5.73 Å². The molecule has 4 nitrogen and oxygen atoms in total. The molecule has 0 saturated carbocycles. The maximum atomic E-state index is 13.1. The summed E-state index contributed by atoms with van der Waals surface area (Å²) in [5.74, 6) is -0.980. The van der Waals surface area contributed by atoms with Crippen LogP contribution >= 0.6 is 0 Å². The normalized spacial score (nSPS) is 12.5. The molecule has 1 aromatic rings. The van der Waals surface area contributed by atoms with Gasteiger partial charge in [-0.1, -0.05) is 0 Å². The van der Waals surface area contributed by atoms with Gasteiger partial charge in [0.1, 0.15) is 5.75 Å². The van der Waals surface area contributed by atoms with Gasteiger partial charge in [0.05, 0.1) is 13.2 Å². The molecule has 0 bridgehead atoms. The van der Waals surface area contributed by atoms with Crippen molar-refractivity contribution in [1.82, 2.24) is 0 Å². The van der Waals surface area contributed by atoms with Gasteiger partial charge in [-0.05, 0) is 19.0 Å². The van der Waals surface area contributed by atoms with Gasteiger partial charge in [-0.25, -0.2) is 4.39 Å². The second kappa shape index (κ2) is 4.95. The maximum absolute atomic E-state index is 13.1. The van der Waals surface area contributed by atoms with Gasteiger partial charge in [-0.2, -0.15) is 0 Å². The van der Waals surface area contributed by atoms with Crippen LogP contribution in [0.2, 0.25) is 0 Å². The lowest BCUT2D eigenvalue weighted by Crippen LogP contribution is -2.07. The number of hydrogen-bond acceptors (Lipinski definition) is 4. The Balaban J connectivity index is 3.06. The molecule has 0 spiro atoms. The van der Waals surface area contributed by atoms with Gasteiger partial charge >= 0.3 is 0 Å². The molecular weight excluding hydrogens is 201 g/mol. The van der Waals surface area contributed by atoms with Crippen molar-refractivity contribution in [2.45, 2.75) is 12.5 Å². The summed E-state index contributed by atoms with van der Waals surface area (Å²) in [6.07, 6.45) is -0.619. The summed E-state index contributed by atoms with van der Waals surface area (Å²) in [6, 6.07) is 2.18. The number of methoxy groups -OCH3 is 1. The van der Waals surface area contributed by atoms with Gasteiger partial charge < -0.3 is 20.7 Å². The van der Waals surface area contributed by atoms with Crippen molar-refractivity contribution in [3.05, 3.63) is 23.5 Å². The smallest absolute Gasteiger partial charge is 0.168 e. The Morgan fingerprint density at radius 1 is 1.53 bits per heavy atom. The molecule has 1 unspecified atom stereocenters. The van der Waals surface area contributed by atoms with Gasteiger partial charge in [-0.15, -0.1) is 0 Å². The first-order valence-corrected chi connectivity index (χ1v) is 4.54. The third-order valence-corrected chi connectivity index (χ3v) is 2.10. The monoisotopic (exact) mass is 215 g/mol. The maximum Gasteiger partial charge on any atom is 0.168 e. The first kappa shape index (κ1) is 11.7. The first-order chi connectivity index (χ1) is 7.10. The molecule has 1 atom stereocenters. The van der Waals surface area contributed by atoms with Crippen LogP contribution in [0.25, 0.3) is 0 Å². The Bertz CT molecular complexity index is 344. The summed E-state index contributed by atoms with van der Waals surface area (Å²) >= 11 is 0. The molecule has 84 valence electrons. The number of aliphatic hydroxyl groups excluding tert-OH is 1. The van der Waals surface area contributed by atoms with Crippen LogP contribution in [-0.4, -0.2) is 23.9 Å². The average Bonchev–Trinajstić information content (AvgIpc) is 2.18. The molecule has 0 heterocycles. The molecule has 0 radical (unpaired) electrons. The second-order valence-corrected chi connectivity index (χ2v) is 3.14. The van der Waals surface area contributed by atoms with E-state index in [1.807, 2.05) is 0 Å². The van der Waals surface area contributed by atoms with Gasteiger partial charge in [0, 0.05) is 11.6 Å². The number of benzene rings is 1. The number of aliphatic hydroxyl groups is 1. The zero-order valence-corrected chi connectivity index (χ0v) is 8.40. The molecule has 1 aromatic carbocycles. The minimum Gasteiger partial charge on any atom is -0.507 e. The molecule has 0 amide bonds. The lowest BCUT2D eigenvalue weighted by Gasteiger charge is -2.13. The first-order valence-electron chi connectivity index (χ1n) is 4.54. The number of halogens is 1. The number of rotatable bonds is 4. The Morgan fingerprint density at radius 3 is 2.73 bits per heavy atom. The number of hydrogen-bond donors (Lipinski definition) is 3. The van der Waals surface area contributed by atoms with E-state index in [4.69, 9.17) is 10.5 Å². The fourth-order valence-corrected chi connectivity index (χ4v) is 1.30. The van der Waals surface area contributed by atoms with E-state index >= 15 is 0 Å². The van der Waals surface area contributed by atoms with Gasteiger partial charge in [0.25, 0.3) is 0 Å². The van der Waals surface area contributed by atoms with Crippen molar-refractivity contribution >= 4 is 0 Å². The molecule has 0 aromatic heterocycles. The van der Waals surface area contributed by atoms with E-state index in [9.17, 15) is 14.6 Å². The molecule has 0 aliphatic carbocycles. The lowest BCUT2D eigenvalue weighted by atomic mass is 10.0. The van der Waals surface area contributed by atoms with E-state index in [1.54, 1.807) is 0 Å². The average molecular weight is 215 g/mol. The molecule has 0 aliphatic rings. The Kier molecular flexibility index (Phi) is 3.88. The van der Waals surface area contributed by atoms with Crippen LogP contribution in [0.15, 0.2) is 12.1 Å². The van der Waals surface area contributed by atoms with Gasteiger partial charge in [-0.3, -0.25) is 0 Å². The minimum absolute atomic E-state index is 0.0149. The highest BCUT2D eigenvalue weighted by Crippen LogP contribution is 2.32. The SMILES string of the molecule is COc1cc(C(O)CCN)c(O)cc1F. The topological polar surface area (TPSA) is 75.7 Å². The lowest BCUT2D eigenvalue weighted by molar-refractivity contribution is 0.166. The Morgan fingerprint density at radius 2 is 2.20 bits per heavy atom. The molecule has 4 N–H and O–H groups in total. The van der Waals surface area contributed by atoms with Crippen molar-refractivity contribution in [3.8, 4) is 11.5 Å². The molecule has 15 heavy (non-hydrogen) atoms. The summed E-state index contributed by atoms with van der Waals surface area (Å²) in [5.41, 5.74) is 5.49. The third-order valence-electron chi connectivity index (χ3n) is 2.10. The Labute approximate surface area is 87.1 Å². The second-order valence-electron chi connectivity index (χ2n) is 3.14. The van der Waals surface area contributed by atoms with Gasteiger partial charge in [0.15, 0.2) is 11.6 Å². The van der Waals surface area contributed by atoms with Crippen LogP contribution in [0.1, 0.15) is 18.1 Å². The highest BCUT2D eigenvalue weighted by Gasteiger charge is 2.15. The molecule has 5 heteroatoms. The molecule has 1 rings (SSSR count). The van der Waals surface area contributed by atoms with Crippen molar-refractivity contribution in [2.75, 3.05) is 13.7 Å². The highest BCUT2D eigenvalue weighted by atomic mass is 19.1. The summed E-state index contributed by atoms with van der Waals surface area (Å²) in [4.78, 5) is 0. The van der Waals surface area contributed by atoms with Crippen molar-refractivity contribution < 1.29 is 19.3 Å². The molecular formula is C10H14FNO3. The van der Waals surface area contributed by atoms with Crippen molar-refractivity contribution in [3.63, 3.8) is 0 Å². The molecule has 0 fully saturated rings. The summed E-state index contributed by atoms with van der Waals surface area (Å²) in [7, 11) is 1.31. The van der Waals surface area contributed by atoms with E-state index in [1.165, 1.54) is 13.2 Å². The highest BCUT2D eigenvalue weighted by molar-refractivity contribution is 5.41. The number of nitrogens with two attached hydrogens (primary N) is 1. The van der Waals surface area contributed by atoms with Gasteiger partial charge in [0.2, 0.25) is 0 Å². The Hall–Kier alpha value is -1.33. The van der Waals surface area contributed by atoms with Crippen LogP contribution in [0.5, 0.6) is 11.5 Å². The standard InChI is InChI=1S/C10H14FNO3/c1-15-10-4-6(8(13)2-3-12)9(14)5-7(10)11/h4-5,8,13-14H,2-3,12H2,1H3. The number of aromatic hydroxyl groups is 1. The zero-order chi connectivity index (χ0) is 11.4. The number of phenols is 1. The number of ether oxygens (including phenoxy) is 1. The molecule has 0 saturated heterocycles. The van der Waals surface area contributed by atoms with Crippen molar-refractivity contribution in [1.29, 1.82) is 0 Å². The fourth-order valence-electron chi connectivity index (χ4n) is 1.30. The van der Waals surface area contributed by atoms with Crippen LogP contribution in [0.4, 0.5) is 4.39 Å². The number of phenolic OH excluding ortho intramolecular Hbond substituents is 1. The van der Waals surface area contributed by atoms with Crippen LogP contribution < -0.4 is 10.5 Å². The predicted octanol–water partition coefficient (Wildman–Crippen LogP) is 0.922. The molecule has 0 aliphatic heterocycles. The zero-order valence-electron chi connectivity index (χ0n) is 8.40. The van der Waals surface area contributed by atoms with Crippen LogP contribution in [0.3, 0.4) is 0 Å². The van der Waals surface area contributed by atoms with E-state index in [2.05, 4.69) is 0 Å². The summed E-state index contributed by atoms with van der Waals surface area (Å²) < 4.78 is 17.8. The summed E-state index contributed by atoms with van der Waals surface area (Å²) in [6.45, 7) is 0.278. The quantitative estimate of drug-likeness (QED) is 0.698. The minimum atomic E-state index is -0.912. The third kappa shape index (κ3) is 2.57. The van der Waals surface area contributed by atoms with Crippen LogP contribution in [0, 0.1) is 5.82 Å². The summed E-state index contributed by atoms with van der Waals surface area (Å²) in [5, 5.41) is 19.0. The fraction of sp³-hybridized carbons (Fsp3) is 0.400. The van der Waals surface area contributed by atoms with E-state index < -0.39 is 11.9 Å². The van der Waals surface area contributed by atoms with E-state index in [-0.39, 0.29) is 23.6 Å².